The van der Waals surface area contributed by atoms with E-state index in [-0.39, 0.29) is 5.54 Å². The van der Waals surface area contributed by atoms with Gasteiger partial charge in [-0.1, -0.05) is 12.8 Å². The fourth-order valence-corrected chi connectivity index (χ4v) is 3.87. The zero-order chi connectivity index (χ0) is 13.8. The second-order valence-corrected chi connectivity index (χ2v) is 7.32. The molecular weight excluding hydrogens is 234 g/mol. The molecule has 3 aliphatic heterocycles. The maximum Gasteiger partial charge on any atom is 0.150 e. The summed E-state index contributed by atoms with van der Waals surface area (Å²) in [5.41, 5.74) is 6.61. The van der Waals surface area contributed by atoms with Crippen LogP contribution in [-0.2, 0) is 0 Å². The minimum absolute atomic E-state index is 0.0169. The van der Waals surface area contributed by atoms with Gasteiger partial charge in [-0.05, 0) is 26.7 Å². The monoisotopic (exact) mass is 266 g/mol. The van der Waals surface area contributed by atoms with Crippen LogP contribution in [0, 0.1) is 0 Å². The van der Waals surface area contributed by atoms with Crippen molar-refractivity contribution in [2.45, 2.75) is 76.3 Å². The number of hydrogen-bond acceptors (Lipinski definition) is 2. The Hall–Kier alpha value is -0.120. The number of rotatable bonds is 2. The largest absolute Gasteiger partial charge is 0.325 e. The average Bonchev–Trinajstić information content (AvgIpc) is 2.58. The molecule has 0 aromatic heterocycles. The Morgan fingerprint density at radius 3 is 2.16 bits per heavy atom. The molecule has 3 rings (SSSR count). The molecule has 0 bridgehead atoms. The lowest BCUT2D eigenvalue weighted by Crippen LogP contribution is -2.63. The molecule has 1 atom stereocenters. The highest BCUT2D eigenvalue weighted by atomic mass is 15.3. The smallest absolute Gasteiger partial charge is 0.150 e. The Morgan fingerprint density at radius 2 is 1.68 bits per heavy atom. The lowest BCUT2D eigenvalue weighted by atomic mass is 9.76. The summed E-state index contributed by atoms with van der Waals surface area (Å²) in [7, 11) is 0. The Bertz CT molecular complexity index is 252. The number of nitrogens with zero attached hydrogens (tertiary/aromatic N) is 2. The van der Waals surface area contributed by atoms with E-state index in [0.717, 1.165) is 13.1 Å². The lowest BCUT2D eigenvalue weighted by Gasteiger charge is -2.41. The number of nitrogens with two attached hydrogens (primary N) is 1. The van der Waals surface area contributed by atoms with Crippen LogP contribution < -0.4 is 16.0 Å². The SMILES string of the molecule is C1CCC[N]CC1.CC(C)(N)CC12CCC[N+]1CC2. The summed E-state index contributed by atoms with van der Waals surface area (Å²) < 4.78 is 0. The van der Waals surface area contributed by atoms with E-state index in [9.17, 15) is 0 Å². The number of hydrogen-bond donors (Lipinski definition) is 1. The van der Waals surface area contributed by atoms with Gasteiger partial charge in [-0.15, -0.1) is 0 Å². The summed E-state index contributed by atoms with van der Waals surface area (Å²) in [4.78, 5) is 2.63. The molecule has 3 aliphatic rings. The number of fused-ring (bicyclic) bond motifs is 1. The van der Waals surface area contributed by atoms with Gasteiger partial charge in [0.05, 0.1) is 6.42 Å². The predicted molar refractivity (Wildman–Crippen MR) is 81.7 cm³/mol. The van der Waals surface area contributed by atoms with Gasteiger partial charge in [0.1, 0.15) is 18.6 Å². The highest BCUT2D eigenvalue weighted by molar-refractivity contribution is 5.10. The zero-order valence-electron chi connectivity index (χ0n) is 13.0. The maximum atomic E-state index is 6.07. The van der Waals surface area contributed by atoms with E-state index < -0.39 is 0 Å². The molecule has 2 radical (unpaired) electrons. The van der Waals surface area contributed by atoms with E-state index in [2.05, 4.69) is 24.1 Å². The van der Waals surface area contributed by atoms with Gasteiger partial charge in [-0.25, -0.2) is 5.32 Å². The van der Waals surface area contributed by atoms with Gasteiger partial charge >= 0.3 is 0 Å². The molecule has 0 aliphatic carbocycles. The standard InChI is InChI=1S/C10H20N2.C6H12N/c1-9(2,11)8-10-4-3-6-12(10)7-5-10;1-2-4-6-7-5-3-1/h3-8,11H2,1-2H3;1-6H2/q+1;. The van der Waals surface area contributed by atoms with E-state index in [0.29, 0.717) is 5.54 Å². The third-order valence-corrected chi connectivity index (χ3v) is 4.76. The fraction of sp³-hybridized carbons (Fsp3) is 1.00. The molecule has 19 heavy (non-hydrogen) atoms. The molecule has 0 saturated carbocycles. The second kappa shape index (κ2) is 6.55. The van der Waals surface area contributed by atoms with Gasteiger partial charge in [-0.3, -0.25) is 0 Å². The first-order valence-corrected chi connectivity index (χ1v) is 8.19. The lowest BCUT2D eigenvalue weighted by molar-refractivity contribution is 0.0890. The molecule has 3 fully saturated rings. The van der Waals surface area contributed by atoms with E-state index in [1.165, 1.54) is 64.5 Å². The van der Waals surface area contributed by atoms with Crippen LogP contribution in [0.1, 0.15) is 65.2 Å². The van der Waals surface area contributed by atoms with Crippen molar-refractivity contribution >= 4 is 0 Å². The third-order valence-electron chi connectivity index (χ3n) is 4.76. The van der Waals surface area contributed by atoms with E-state index in [1.807, 2.05) is 0 Å². The molecule has 0 aromatic rings. The minimum atomic E-state index is 0.0169. The summed E-state index contributed by atoms with van der Waals surface area (Å²) in [6.07, 6.45) is 10.8. The highest BCUT2D eigenvalue weighted by Gasteiger charge is 2.58. The van der Waals surface area contributed by atoms with Crippen LogP contribution in [0.25, 0.3) is 0 Å². The molecule has 3 heteroatoms. The Kier molecular flexibility index (Phi) is 5.27. The molecule has 2 N–H and O–H groups in total. The van der Waals surface area contributed by atoms with Crippen LogP contribution in [0.15, 0.2) is 0 Å². The van der Waals surface area contributed by atoms with Crippen LogP contribution in [-0.4, -0.2) is 37.3 Å². The molecule has 0 aromatic carbocycles. The second-order valence-electron chi connectivity index (χ2n) is 7.32. The first kappa shape index (κ1) is 15.3. The quantitative estimate of drug-likeness (QED) is 0.766. The Labute approximate surface area is 119 Å². The third kappa shape index (κ3) is 4.44. The van der Waals surface area contributed by atoms with Crippen LogP contribution in [0.5, 0.6) is 0 Å². The molecule has 0 spiro atoms. The zero-order valence-corrected chi connectivity index (χ0v) is 13.0. The Balaban J connectivity index is 0.000000163. The molecule has 3 nitrogen and oxygen atoms in total. The van der Waals surface area contributed by atoms with Crippen molar-refractivity contribution in [2.24, 2.45) is 5.73 Å². The van der Waals surface area contributed by atoms with Crippen molar-refractivity contribution in [1.29, 1.82) is 0 Å². The topological polar surface area (TPSA) is 46.0 Å². The van der Waals surface area contributed by atoms with Crippen molar-refractivity contribution in [3.63, 3.8) is 0 Å². The van der Waals surface area contributed by atoms with Gasteiger partial charge in [0.2, 0.25) is 0 Å². The Morgan fingerprint density at radius 1 is 1.00 bits per heavy atom. The van der Waals surface area contributed by atoms with E-state index in [1.54, 1.807) is 0 Å². The summed E-state index contributed by atoms with van der Waals surface area (Å²) in [5, 5.41) is 4.27. The summed E-state index contributed by atoms with van der Waals surface area (Å²) >= 11 is 0. The summed E-state index contributed by atoms with van der Waals surface area (Å²) in [6.45, 7) is 9.18. The van der Waals surface area contributed by atoms with Gasteiger partial charge in [0, 0.05) is 37.9 Å². The average molecular weight is 266 g/mol. The van der Waals surface area contributed by atoms with Crippen LogP contribution >= 0.6 is 0 Å². The molecule has 0 amide bonds. The van der Waals surface area contributed by atoms with E-state index in [4.69, 9.17) is 5.73 Å². The van der Waals surface area contributed by atoms with Crippen LogP contribution in [0.2, 0.25) is 0 Å². The molecule has 110 valence electrons. The van der Waals surface area contributed by atoms with Gasteiger partial charge in [-0.2, -0.15) is 4.90 Å². The van der Waals surface area contributed by atoms with Crippen molar-refractivity contribution in [1.82, 2.24) is 10.2 Å². The van der Waals surface area contributed by atoms with Crippen LogP contribution in [0.3, 0.4) is 0 Å². The fourth-order valence-electron chi connectivity index (χ4n) is 3.87. The van der Waals surface area contributed by atoms with Gasteiger partial charge in [0.15, 0.2) is 0 Å². The van der Waals surface area contributed by atoms with Crippen molar-refractivity contribution in [3.8, 4) is 0 Å². The first-order chi connectivity index (χ1) is 9.02. The van der Waals surface area contributed by atoms with Gasteiger partial charge < -0.3 is 5.73 Å². The highest BCUT2D eigenvalue weighted by Crippen LogP contribution is 2.42. The minimum Gasteiger partial charge on any atom is -0.325 e. The molecule has 3 saturated heterocycles. The van der Waals surface area contributed by atoms with Crippen LogP contribution in [0.4, 0.5) is 0 Å². The van der Waals surface area contributed by atoms with E-state index >= 15 is 0 Å². The summed E-state index contributed by atoms with van der Waals surface area (Å²) in [5.74, 6) is 0. The van der Waals surface area contributed by atoms with Crippen molar-refractivity contribution in [2.75, 3.05) is 26.2 Å². The summed E-state index contributed by atoms with van der Waals surface area (Å²) in [6, 6.07) is 0. The molecule has 3 heterocycles. The molecule has 1 unspecified atom stereocenters. The van der Waals surface area contributed by atoms with Gasteiger partial charge in [0.25, 0.3) is 0 Å². The normalized spacial score (nSPS) is 31.7. The molecular formula is C16H32N3+. The maximum absolute atomic E-state index is 6.07. The predicted octanol–water partition coefficient (Wildman–Crippen LogP) is 2.36. The van der Waals surface area contributed by atoms with Crippen molar-refractivity contribution < 1.29 is 0 Å². The first-order valence-electron chi connectivity index (χ1n) is 8.19. The van der Waals surface area contributed by atoms with Crippen molar-refractivity contribution in [3.05, 3.63) is 0 Å².